The summed E-state index contributed by atoms with van der Waals surface area (Å²) >= 11 is 0. The molecular weight excluding hydrogens is 148 g/mol. The van der Waals surface area contributed by atoms with E-state index in [1.807, 2.05) is 0 Å². The standard InChI is InChI=1S/C10H20N2/c1-11-5-3-10-8-12(2)6-4-9(10)7-11/h9-10H,3-8H2,1-2H3. The van der Waals surface area contributed by atoms with Gasteiger partial charge in [0.2, 0.25) is 0 Å². The molecule has 2 fully saturated rings. The molecule has 2 heteroatoms. The summed E-state index contributed by atoms with van der Waals surface area (Å²) in [5, 5.41) is 0. The first-order chi connectivity index (χ1) is 5.75. The fourth-order valence-corrected chi connectivity index (χ4v) is 2.71. The van der Waals surface area contributed by atoms with Gasteiger partial charge in [0.15, 0.2) is 0 Å². The maximum absolute atomic E-state index is 2.49. The molecule has 0 saturated carbocycles. The monoisotopic (exact) mass is 168 g/mol. The van der Waals surface area contributed by atoms with E-state index >= 15 is 0 Å². The summed E-state index contributed by atoms with van der Waals surface area (Å²) in [6, 6.07) is 0. The third-order valence-corrected chi connectivity index (χ3v) is 3.52. The topological polar surface area (TPSA) is 6.48 Å². The van der Waals surface area contributed by atoms with E-state index < -0.39 is 0 Å². The number of likely N-dealkylation sites (tertiary alicyclic amines) is 2. The van der Waals surface area contributed by atoms with Crippen LogP contribution in [0.3, 0.4) is 0 Å². The molecule has 2 unspecified atom stereocenters. The molecule has 0 aromatic heterocycles. The minimum atomic E-state index is 1.000. The Morgan fingerprint density at radius 1 is 0.833 bits per heavy atom. The fraction of sp³-hybridized carbons (Fsp3) is 1.00. The number of rotatable bonds is 0. The zero-order valence-electron chi connectivity index (χ0n) is 8.29. The first kappa shape index (κ1) is 8.52. The van der Waals surface area contributed by atoms with E-state index in [9.17, 15) is 0 Å². The Balaban J connectivity index is 1.94. The van der Waals surface area contributed by atoms with Crippen molar-refractivity contribution in [2.45, 2.75) is 12.8 Å². The second-order valence-electron chi connectivity index (χ2n) is 4.62. The molecule has 2 aliphatic rings. The SMILES string of the molecule is CN1CCC2CN(C)CCC2C1. The van der Waals surface area contributed by atoms with Crippen LogP contribution in [0.5, 0.6) is 0 Å². The summed E-state index contributed by atoms with van der Waals surface area (Å²) in [4.78, 5) is 4.99. The Bertz CT molecular complexity index is 140. The zero-order chi connectivity index (χ0) is 8.55. The normalized spacial score (nSPS) is 39.5. The predicted octanol–water partition coefficient (Wildman–Crippen LogP) is 0.890. The maximum Gasteiger partial charge on any atom is 0.00102 e. The fourth-order valence-electron chi connectivity index (χ4n) is 2.71. The lowest BCUT2D eigenvalue weighted by Crippen LogP contribution is -2.47. The largest absolute Gasteiger partial charge is 0.306 e. The van der Waals surface area contributed by atoms with Crippen LogP contribution in [0.2, 0.25) is 0 Å². The van der Waals surface area contributed by atoms with Crippen LogP contribution in [-0.4, -0.2) is 50.1 Å². The summed E-state index contributed by atoms with van der Waals surface area (Å²) < 4.78 is 0. The van der Waals surface area contributed by atoms with Crippen molar-refractivity contribution in [3.8, 4) is 0 Å². The van der Waals surface area contributed by atoms with E-state index in [0.29, 0.717) is 0 Å². The van der Waals surface area contributed by atoms with Crippen LogP contribution in [0.15, 0.2) is 0 Å². The molecule has 0 aliphatic carbocycles. The van der Waals surface area contributed by atoms with Crippen molar-refractivity contribution in [1.29, 1.82) is 0 Å². The minimum Gasteiger partial charge on any atom is -0.306 e. The van der Waals surface area contributed by atoms with Crippen LogP contribution in [0.25, 0.3) is 0 Å². The van der Waals surface area contributed by atoms with Gasteiger partial charge in [-0.1, -0.05) is 0 Å². The number of piperidine rings is 2. The molecule has 0 spiro atoms. The predicted molar refractivity (Wildman–Crippen MR) is 51.2 cm³/mol. The van der Waals surface area contributed by atoms with Crippen LogP contribution in [0, 0.1) is 11.8 Å². The van der Waals surface area contributed by atoms with E-state index in [2.05, 4.69) is 23.9 Å². The Kier molecular flexibility index (Phi) is 2.37. The van der Waals surface area contributed by atoms with Crippen molar-refractivity contribution in [3.63, 3.8) is 0 Å². The Morgan fingerprint density at radius 2 is 1.25 bits per heavy atom. The second-order valence-corrected chi connectivity index (χ2v) is 4.62. The van der Waals surface area contributed by atoms with Crippen molar-refractivity contribution in [3.05, 3.63) is 0 Å². The van der Waals surface area contributed by atoms with Gasteiger partial charge in [0.1, 0.15) is 0 Å². The Hall–Kier alpha value is -0.0800. The molecule has 2 aliphatic heterocycles. The third kappa shape index (κ3) is 1.64. The number of fused-ring (bicyclic) bond motifs is 1. The van der Waals surface area contributed by atoms with Crippen molar-refractivity contribution in [2.75, 3.05) is 40.3 Å². The molecule has 2 saturated heterocycles. The average molecular weight is 168 g/mol. The summed E-state index contributed by atoms with van der Waals surface area (Å²) in [5.74, 6) is 2.00. The second kappa shape index (κ2) is 3.35. The van der Waals surface area contributed by atoms with Gasteiger partial charge in [-0.3, -0.25) is 0 Å². The average Bonchev–Trinajstić information content (AvgIpc) is 2.05. The molecule has 2 rings (SSSR count). The first-order valence-corrected chi connectivity index (χ1v) is 5.13. The molecule has 70 valence electrons. The van der Waals surface area contributed by atoms with E-state index in [0.717, 1.165) is 11.8 Å². The van der Waals surface area contributed by atoms with Crippen molar-refractivity contribution < 1.29 is 0 Å². The maximum atomic E-state index is 2.49. The summed E-state index contributed by atoms with van der Waals surface area (Å²) in [6.07, 6.45) is 2.84. The highest BCUT2D eigenvalue weighted by Crippen LogP contribution is 2.29. The van der Waals surface area contributed by atoms with Crippen LogP contribution in [-0.2, 0) is 0 Å². The van der Waals surface area contributed by atoms with E-state index in [4.69, 9.17) is 0 Å². The molecule has 2 atom stereocenters. The lowest BCUT2D eigenvalue weighted by molar-refractivity contribution is 0.0651. The van der Waals surface area contributed by atoms with E-state index in [1.54, 1.807) is 0 Å². The molecule has 0 aromatic rings. The van der Waals surface area contributed by atoms with Gasteiger partial charge in [0.25, 0.3) is 0 Å². The highest BCUT2D eigenvalue weighted by molar-refractivity contribution is 4.84. The van der Waals surface area contributed by atoms with E-state index in [1.165, 1.54) is 39.0 Å². The highest BCUT2D eigenvalue weighted by Gasteiger charge is 2.31. The van der Waals surface area contributed by atoms with Gasteiger partial charge in [-0.05, 0) is 51.9 Å². The van der Waals surface area contributed by atoms with Crippen molar-refractivity contribution >= 4 is 0 Å². The quantitative estimate of drug-likeness (QED) is 0.530. The van der Waals surface area contributed by atoms with Gasteiger partial charge < -0.3 is 9.80 Å². The van der Waals surface area contributed by atoms with Gasteiger partial charge in [0, 0.05) is 13.1 Å². The van der Waals surface area contributed by atoms with Gasteiger partial charge in [-0.2, -0.15) is 0 Å². The minimum absolute atomic E-state index is 1.000. The van der Waals surface area contributed by atoms with Gasteiger partial charge in [-0.25, -0.2) is 0 Å². The van der Waals surface area contributed by atoms with Gasteiger partial charge in [-0.15, -0.1) is 0 Å². The van der Waals surface area contributed by atoms with Crippen molar-refractivity contribution in [1.82, 2.24) is 9.80 Å². The van der Waals surface area contributed by atoms with Crippen LogP contribution >= 0.6 is 0 Å². The molecule has 0 amide bonds. The molecule has 2 nitrogen and oxygen atoms in total. The van der Waals surface area contributed by atoms with Crippen LogP contribution in [0.4, 0.5) is 0 Å². The highest BCUT2D eigenvalue weighted by atomic mass is 15.1. The van der Waals surface area contributed by atoms with Crippen LogP contribution < -0.4 is 0 Å². The van der Waals surface area contributed by atoms with Gasteiger partial charge in [0.05, 0.1) is 0 Å². The molecule has 0 N–H and O–H groups in total. The van der Waals surface area contributed by atoms with Gasteiger partial charge >= 0.3 is 0 Å². The number of hydrogen-bond acceptors (Lipinski definition) is 2. The third-order valence-electron chi connectivity index (χ3n) is 3.52. The van der Waals surface area contributed by atoms with Crippen molar-refractivity contribution in [2.24, 2.45) is 11.8 Å². The molecule has 0 aromatic carbocycles. The lowest BCUT2D eigenvalue weighted by atomic mass is 9.80. The molecule has 0 radical (unpaired) electrons. The zero-order valence-corrected chi connectivity index (χ0v) is 8.29. The lowest BCUT2D eigenvalue weighted by Gasteiger charge is -2.42. The van der Waals surface area contributed by atoms with Crippen LogP contribution in [0.1, 0.15) is 12.8 Å². The van der Waals surface area contributed by atoms with E-state index in [-0.39, 0.29) is 0 Å². The number of nitrogens with zero attached hydrogens (tertiary/aromatic N) is 2. The number of hydrogen-bond donors (Lipinski definition) is 0. The Morgan fingerprint density at radius 3 is 1.67 bits per heavy atom. The summed E-state index contributed by atoms with van der Waals surface area (Å²) in [7, 11) is 4.52. The molecule has 0 bridgehead atoms. The summed E-state index contributed by atoms with van der Waals surface area (Å²) in [5.41, 5.74) is 0. The molecule has 2 heterocycles. The smallest absolute Gasteiger partial charge is 0.00102 e. The first-order valence-electron chi connectivity index (χ1n) is 5.13. The molecular formula is C10H20N2. The Labute approximate surface area is 75.5 Å². The molecule has 12 heavy (non-hydrogen) atoms. The summed E-state index contributed by atoms with van der Waals surface area (Å²) in [6.45, 7) is 5.32.